The van der Waals surface area contributed by atoms with E-state index in [0.717, 1.165) is 29.7 Å². The molecule has 0 aliphatic heterocycles. The highest BCUT2D eigenvalue weighted by molar-refractivity contribution is 6.00. The molecule has 0 spiro atoms. The predicted octanol–water partition coefficient (Wildman–Crippen LogP) is 4.09. The lowest BCUT2D eigenvalue weighted by atomic mass is 10.0. The zero-order chi connectivity index (χ0) is 16.2. The Bertz CT molecular complexity index is 749. The van der Waals surface area contributed by atoms with Gasteiger partial charge in [-0.15, -0.1) is 0 Å². The molecule has 1 aliphatic rings. The monoisotopic (exact) mass is 307 g/mol. The SMILES string of the molecule is Cc1cccc(NC(=O)CCC(=O)c2ccc3c(c2)CCC3)c1. The van der Waals surface area contributed by atoms with Crippen LogP contribution in [0.5, 0.6) is 0 Å². The minimum atomic E-state index is -0.120. The number of ketones is 1. The van der Waals surface area contributed by atoms with Gasteiger partial charge in [-0.3, -0.25) is 9.59 Å². The zero-order valence-corrected chi connectivity index (χ0v) is 13.4. The van der Waals surface area contributed by atoms with Crippen LogP contribution in [0.15, 0.2) is 42.5 Å². The standard InChI is InChI=1S/C20H21NO2/c1-14-4-2-7-18(12-14)21-20(23)11-10-19(22)17-9-8-15-5-3-6-16(15)13-17/h2,4,7-9,12-13H,3,5-6,10-11H2,1H3,(H,21,23). The van der Waals surface area contributed by atoms with Crippen molar-refractivity contribution in [2.45, 2.75) is 39.0 Å². The summed E-state index contributed by atoms with van der Waals surface area (Å²) in [4.78, 5) is 24.3. The van der Waals surface area contributed by atoms with E-state index in [1.54, 1.807) is 0 Å². The number of hydrogen-bond acceptors (Lipinski definition) is 2. The third kappa shape index (κ3) is 3.86. The molecule has 2 aromatic rings. The number of carbonyl (C=O) groups is 2. The molecule has 0 atom stereocenters. The lowest BCUT2D eigenvalue weighted by molar-refractivity contribution is -0.116. The first kappa shape index (κ1) is 15.5. The summed E-state index contributed by atoms with van der Waals surface area (Å²) in [6.07, 6.45) is 3.80. The van der Waals surface area contributed by atoms with Gasteiger partial charge in [0.05, 0.1) is 0 Å². The second kappa shape index (κ2) is 6.78. The van der Waals surface area contributed by atoms with E-state index in [2.05, 4.69) is 11.4 Å². The molecule has 0 bridgehead atoms. The minimum Gasteiger partial charge on any atom is -0.326 e. The highest BCUT2D eigenvalue weighted by Crippen LogP contribution is 2.23. The van der Waals surface area contributed by atoms with E-state index in [9.17, 15) is 9.59 Å². The number of anilines is 1. The van der Waals surface area contributed by atoms with E-state index in [4.69, 9.17) is 0 Å². The average molecular weight is 307 g/mol. The van der Waals surface area contributed by atoms with Gasteiger partial charge in [0.2, 0.25) is 5.91 Å². The van der Waals surface area contributed by atoms with E-state index in [1.807, 2.05) is 43.3 Å². The highest BCUT2D eigenvalue weighted by atomic mass is 16.2. The minimum absolute atomic E-state index is 0.0408. The first-order valence-electron chi connectivity index (χ1n) is 8.13. The summed E-state index contributed by atoms with van der Waals surface area (Å²) in [6, 6.07) is 13.6. The topological polar surface area (TPSA) is 46.2 Å². The van der Waals surface area contributed by atoms with E-state index >= 15 is 0 Å². The normalized spacial score (nSPS) is 12.7. The van der Waals surface area contributed by atoms with Crippen molar-refractivity contribution < 1.29 is 9.59 Å². The fourth-order valence-electron chi connectivity index (χ4n) is 3.06. The molecule has 1 aliphatic carbocycles. The quantitative estimate of drug-likeness (QED) is 0.846. The summed E-state index contributed by atoms with van der Waals surface area (Å²) in [5, 5.41) is 2.84. The average Bonchev–Trinajstić information content (AvgIpc) is 3.00. The Morgan fingerprint density at radius 3 is 2.65 bits per heavy atom. The number of amides is 1. The Kier molecular flexibility index (Phi) is 4.56. The second-order valence-corrected chi connectivity index (χ2v) is 6.18. The molecule has 0 unspecified atom stereocenters. The molecule has 118 valence electrons. The van der Waals surface area contributed by atoms with Crippen molar-refractivity contribution in [2.24, 2.45) is 0 Å². The molecule has 0 heterocycles. The van der Waals surface area contributed by atoms with E-state index in [0.29, 0.717) is 0 Å². The van der Waals surface area contributed by atoms with Crippen molar-refractivity contribution in [2.75, 3.05) is 5.32 Å². The Hall–Kier alpha value is -2.42. The summed E-state index contributed by atoms with van der Waals surface area (Å²) in [6.45, 7) is 1.98. The van der Waals surface area contributed by atoms with Crippen LogP contribution in [-0.2, 0) is 17.6 Å². The van der Waals surface area contributed by atoms with E-state index in [-0.39, 0.29) is 24.5 Å². The second-order valence-electron chi connectivity index (χ2n) is 6.18. The number of hydrogen-bond donors (Lipinski definition) is 1. The molecule has 3 nitrogen and oxygen atoms in total. The molecule has 0 saturated carbocycles. The van der Waals surface area contributed by atoms with Crippen molar-refractivity contribution in [3.8, 4) is 0 Å². The number of nitrogens with one attached hydrogen (secondary N) is 1. The lowest BCUT2D eigenvalue weighted by Gasteiger charge is -2.07. The fourth-order valence-corrected chi connectivity index (χ4v) is 3.06. The Morgan fingerprint density at radius 1 is 1.00 bits per heavy atom. The van der Waals surface area contributed by atoms with Crippen molar-refractivity contribution in [3.63, 3.8) is 0 Å². The highest BCUT2D eigenvalue weighted by Gasteiger charge is 2.15. The molecule has 0 saturated heterocycles. The van der Waals surface area contributed by atoms with Crippen LogP contribution in [-0.4, -0.2) is 11.7 Å². The third-order valence-corrected chi connectivity index (χ3v) is 4.30. The largest absolute Gasteiger partial charge is 0.326 e. The molecule has 1 N–H and O–H groups in total. The van der Waals surface area contributed by atoms with Crippen LogP contribution in [0.1, 0.15) is 46.3 Å². The van der Waals surface area contributed by atoms with Gasteiger partial charge in [-0.05, 0) is 61.1 Å². The lowest BCUT2D eigenvalue weighted by Crippen LogP contribution is -2.13. The number of benzene rings is 2. The van der Waals surface area contributed by atoms with Crippen LogP contribution in [0.4, 0.5) is 5.69 Å². The van der Waals surface area contributed by atoms with Gasteiger partial charge < -0.3 is 5.32 Å². The maximum Gasteiger partial charge on any atom is 0.224 e. The van der Waals surface area contributed by atoms with Crippen molar-refractivity contribution in [1.29, 1.82) is 0 Å². The van der Waals surface area contributed by atoms with Crippen LogP contribution >= 0.6 is 0 Å². The number of rotatable bonds is 5. The molecule has 3 heteroatoms. The van der Waals surface area contributed by atoms with Crippen LogP contribution in [0, 0.1) is 6.92 Å². The van der Waals surface area contributed by atoms with Gasteiger partial charge in [-0.25, -0.2) is 0 Å². The van der Waals surface area contributed by atoms with Gasteiger partial charge in [-0.2, -0.15) is 0 Å². The Morgan fingerprint density at radius 2 is 1.83 bits per heavy atom. The zero-order valence-electron chi connectivity index (χ0n) is 13.4. The molecule has 23 heavy (non-hydrogen) atoms. The van der Waals surface area contributed by atoms with Gasteiger partial charge in [0.1, 0.15) is 0 Å². The van der Waals surface area contributed by atoms with Gasteiger partial charge in [0.15, 0.2) is 5.78 Å². The number of fused-ring (bicyclic) bond motifs is 1. The van der Waals surface area contributed by atoms with E-state index < -0.39 is 0 Å². The van der Waals surface area contributed by atoms with Gasteiger partial charge >= 0.3 is 0 Å². The molecule has 3 rings (SSSR count). The summed E-state index contributed by atoms with van der Waals surface area (Å²) in [7, 11) is 0. The molecule has 2 aromatic carbocycles. The first-order chi connectivity index (χ1) is 11.1. The summed E-state index contributed by atoms with van der Waals surface area (Å²) in [5.74, 6) is -0.0794. The molecular formula is C20H21NO2. The van der Waals surface area contributed by atoms with E-state index in [1.165, 1.54) is 17.5 Å². The molecule has 0 radical (unpaired) electrons. The molecule has 1 amide bonds. The maximum absolute atomic E-state index is 12.3. The molecule has 0 aromatic heterocycles. The Labute approximate surface area is 136 Å². The van der Waals surface area contributed by atoms with Crippen LogP contribution in [0.2, 0.25) is 0 Å². The van der Waals surface area contributed by atoms with Gasteiger partial charge in [-0.1, -0.05) is 24.3 Å². The van der Waals surface area contributed by atoms with Crippen molar-refractivity contribution >= 4 is 17.4 Å². The van der Waals surface area contributed by atoms with Crippen LogP contribution in [0.25, 0.3) is 0 Å². The number of carbonyl (C=O) groups excluding carboxylic acids is 2. The smallest absolute Gasteiger partial charge is 0.224 e. The fraction of sp³-hybridized carbons (Fsp3) is 0.300. The first-order valence-corrected chi connectivity index (χ1v) is 8.13. The molecule has 0 fully saturated rings. The summed E-state index contributed by atoms with van der Waals surface area (Å²) >= 11 is 0. The number of aryl methyl sites for hydroxylation is 3. The number of Topliss-reactive ketones (excluding diaryl/α,β-unsaturated/α-hetero) is 1. The van der Waals surface area contributed by atoms with Gasteiger partial charge in [0.25, 0.3) is 0 Å². The summed E-state index contributed by atoms with van der Waals surface area (Å²) < 4.78 is 0. The van der Waals surface area contributed by atoms with Crippen molar-refractivity contribution in [3.05, 3.63) is 64.7 Å². The predicted molar refractivity (Wildman–Crippen MR) is 91.8 cm³/mol. The molecular weight excluding hydrogens is 286 g/mol. The van der Waals surface area contributed by atoms with Crippen molar-refractivity contribution in [1.82, 2.24) is 0 Å². The summed E-state index contributed by atoms with van der Waals surface area (Å²) in [5.41, 5.74) is 5.25. The third-order valence-electron chi connectivity index (χ3n) is 4.30. The Balaban J connectivity index is 1.55. The van der Waals surface area contributed by atoms with Crippen LogP contribution < -0.4 is 5.32 Å². The maximum atomic E-state index is 12.3. The van der Waals surface area contributed by atoms with Gasteiger partial charge in [0, 0.05) is 24.1 Å². The van der Waals surface area contributed by atoms with Crippen LogP contribution in [0.3, 0.4) is 0 Å².